The summed E-state index contributed by atoms with van der Waals surface area (Å²) in [6, 6.07) is 0. The van der Waals surface area contributed by atoms with Crippen molar-refractivity contribution >= 4 is 5.69 Å². The Morgan fingerprint density at radius 3 is 2.94 bits per heavy atom. The van der Waals surface area contributed by atoms with E-state index in [9.17, 15) is 10.2 Å². The van der Waals surface area contributed by atoms with Crippen LogP contribution in [0.25, 0.3) is 0 Å². The molecule has 0 aliphatic carbocycles. The second-order valence-corrected chi connectivity index (χ2v) is 5.24. The highest BCUT2D eigenvalue weighted by molar-refractivity contribution is 5.30. The molecule has 0 radical (unpaired) electrons. The zero-order valence-corrected chi connectivity index (χ0v) is 10.7. The van der Waals surface area contributed by atoms with Gasteiger partial charge >= 0.3 is 0 Å². The zero-order valence-electron chi connectivity index (χ0n) is 10.7. The molecule has 4 N–H and O–H groups in total. The molecule has 2 rings (SSSR count). The molecule has 1 aromatic heterocycles. The monoisotopic (exact) mass is 254 g/mol. The molecule has 1 fully saturated rings. The Bertz CT molecular complexity index is 382. The van der Waals surface area contributed by atoms with Crippen LogP contribution in [0.3, 0.4) is 0 Å². The van der Waals surface area contributed by atoms with Crippen LogP contribution in [0.15, 0.2) is 12.4 Å². The van der Waals surface area contributed by atoms with Crippen LogP contribution in [0.4, 0.5) is 5.69 Å². The van der Waals surface area contributed by atoms with Crippen molar-refractivity contribution in [2.24, 2.45) is 5.92 Å². The number of likely N-dealkylation sites (tertiary alicyclic amines) is 1. The number of β-amino-alcohol motifs (C(OH)–C–C–N with tert-alkyl or cyclic N) is 2. The first-order valence-electron chi connectivity index (χ1n) is 6.41. The number of rotatable bonds is 4. The molecule has 0 spiro atoms. The van der Waals surface area contributed by atoms with E-state index in [0.717, 1.165) is 13.0 Å². The number of piperidine rings is 1. The lowest BCUT2D eigenvalue weighted by Crippen LogP contribution is -2.46. The summed E-state index contributed by atoms with van der Waals surface area (Å²) in [5.74, 6) is 0.351. The molecular formula is C12H22N4O2. The van der Waals surface area contributed by atoms with Crippen LogP contribution in [-0.2, 0) is 6.54 Å². The minimum absolute atomic E-state index is 0.286. The third kappa shape index (κ3) is 3.44. The van der Waals surface area contributed by atoms with Crippen molar-refractivity contribution in [1.29, 1.82) is 0 Å². The predicted molar refractivity (Wildman–Crippen MR) is 68.9 cm³/mol. The molecule has 6 heteroatoms. The Kier molecular flexibility index (Phi) is 4.21. The third-order valence-corrected chi connectivity index (χ3v) is 3.52. The Morgan fingerprint density at radius 2 is 2.33 bits per heavy atom. The van der Waals surface area contributed by atoms with E-state index in [-0.39, 0.29) is 6.10 Å². The number of nitrogens with zero attached hydrogens (tertiary/aromatic N) is 3. The van der Waals surface area contributed by atoms with Crippen LogP contribution < -0.4 is 5.73 Å². The smallest absolute Gasteiger partial charge is 0.0862 e. The quantitative estimate of drug-likeness (QED) is 0.676. The number of anilines is 1. The van der Waals surface area contributed by atoms with Gasteiger partial charge in [-0.3, -0.25) is 9.58 Å². The molecule has 0 bridgehead atoms. The minimum Gasteiger partial charge on any atom is -0.396 e. The maximum atomic E-state index is 9.99. The van der Waals surface area contributed by atoms with E-state index >= 15 is 0 Å². The normalized spacial score (nSPS) is 27.3. The fourth-order valence-electron chi connectivity index (χ4n) is 2.33. The van der Waals surface area contributed by atoms with Crippen LogP contribution in [-0.4, -0.2) is 56.7 Å². The Morgan fingerprint density at radius 1 is 1.56 bits per heavy atom. The molecule has 0 aromatic carbocycles. The third-order valence-electron chi connectivity index (χ3n) is 3.52. The van der Waals surface area contributed by atoms with E-state index in [2.05, 4.69) is 16.9 Å². The number of hydrogen-bond donors (Lipinski definition) is 3. The molecule has 102 valence electrons. The van der Waals surface area contributed by atoms with Gasteiger partial charge in [-0.15, -0.1) is 0 Å². The van der Waals surface area contributed by atoms with Crippen molar-refractivity contribution in [2.45, 2.75) is 32.1 Å². The van der Waals surface area contributed by atoms with Gasteiger partial charge in [0.2, 0.25) is 0 Å². The van der Waals surface area contributed by atoms with Gasteiger partial charge in [-0.05, 0) is 18.9 Å². The molecule has 2 heterocycles. The lowest BCUT2D eigenvalue weighted by Gasteiger charge is -2.35. The molecule has 0 amide bonds. The summed E-state index contributed by atoms with van der Waals surface area (Å²) >= 11 is 0. The van der Waals surface area contributed by atoms with Crippen LogP contribution >= 0.6 is 0 Å². The molecule has 1 aromatic rings. The second kappa shape index (κ2) is 5.69. The molecule has 1 aliphatic heterocycles. The van der Waals surface area contributed by atoms with Crippen LogP contribution in [0.5, 0.6) is 0 Å². The Hall–Kier alpha value is -1.11. The first kappa shape index (κ1) is 13.3. The van der Waals surface area contributed by atoms with Crippen molar-refractivity contribution in [3.63, 3.8) is 0 Å². The second-order valence-electron chi connectivity index (χ2n) is 5.24. The van der Waals surface area contributed by atoms with Crippen molar-refractivity contribution in [1.82, 2.24) is 14.7 Å². The highest BCUT2D eigenvalue weighted by atomic mass is 16.3. The predicted octanol–water partition coefficient (Wildman–Crippen LogP) is -0.471. The number of aromatic nitrogens is 2. The molecule has 1 saturated heterocycles. The first-order chi connectivity index (χ1) is 8.54. The Labute approximate surface area is 107 Å². The topological polar surface area (TPSA) is 87.5 Å². The number of aliphatic hydroxyl groups is 2. The lowest BCUT2D eigenvalue weighted by atomic mass is 9.96. The minimum atomic E-state index is -0.495. The summed E-state index contributed by atoms with van der Waals surface area (Å²) in [5, 5.41) is 23.8. The summed E-state index contributed by atoms with van der Waals surface area (Å²) in [5.41, 5.74) is 6.16. The van der Waals surface area contributed by atoms with Gasteiger partial charge in [0.15, 0.2) is 0 Å². The van der Waals surface area contributed by atoms with Crippen molar-refractivity contribution in [3.05, 3.63) is 12.4 Å². The van der Waals surface area contributed by atoms with Gasteiger partial charge in [-0.2, -0.15) is 5.10 Å². The molecule has 3 atom stereocenters. The highest BCUT2D eigenvalue weighted by Crippen LogP contribution is 2.17. The van der Waals surface area contributed by atoms with Gasteiger partial charge < -0.3 is 15.9 Å². The van der Waals surface area contributed by atoms with E-state index < -0.39 is 6.10 Å². The Balaban J connectivity index is 1.79. The van der Waals surface area contributed by atoms with Crippen LogP contribution in [0.2, 0.25) is 0 Å². The van der Waals surface area contributed by atoms with Gasteiger partial charge in [-0.25, -0.2) is 0 Å². The molecular weight excluding hydrogens is 232 g/mol. The average molecular weight is 254 g/mol. The fourth-order valence-corrected chi connectivity index (χ4v) is 2.33. The van der Waals surface area contributed by atoms with E-state index in [1.165, 1.54) is 0 Å². The highest BCUT2D eigenvalue weighted by Gasteiger charge is 2.25. The van der Waals surface area contributed by atoms with Crippen molar-refractivity contribution in [2.75, 3.05) is 25.4 Å². The van der Waals surface area contributed by atoms with Gasteiger partial charge in [0.05, 0.1) is 30.6 Å². The molecule has 0 saturated carbocycles. The molecule has 6 nitrogen and oxygen atoms in total. The van der Waals surface area contributed by atoms with Crippen molar-refractivity contribution in [3.8, 4) is 0 Å². The molecule has 1 aliphatic rings. The summed E-state index contributed by atoms with van der Waals surface area (Å²) < 4.78 is 1.64. The van der Waals surface area contributed by atoms with E-state index in [1.807, 2.05) is 0 Å². The SMILES string of the molecule is CC1CCN(CC(O)Cn2cc(N)cn2)CC1O. The maximum absolute atomic E-state index is 9.99. The maximum Gasteiger partial charge on any atom is 0.0862 e. The number of nitrogens with two attached hydrogens (primary N) is 1. The summed E-state index contributed by atoms with van der Waals surface area (Å²) in [7, 11) is 0. The standard InChI is InChI=1S/C12H22N4O2/c1-9-2-3-15(8-12(9)18)6-11(17)7-16-5-10(13)4-14-16/h4-5,9,11-12,17-18H,2-3,6-8,13H2,1H3. The molecule has 18 heavy (non-hydrogen) atoms. The van der Waals surface area contributed by atoms with Crippen LogP contribution in [0.1, 0.15) is 13.3 Å². The van der Waals surface area contributed by atoms with E-state index in [1.54, 1.807) is 17.1 Å². The van der Waals surface area contributed by atoms with Gasteiger partial charge in [0.25, 0.3) is 0 Å². The van der Waals surface area contributed by atoms with E-state index in [4.69, 9.17) is 5.73 Å². The molecule has 3 unspecified atom stereocenters. The fraction of sp³-hybridized carbons (Fsp3) is 0.750. The summed E-state index contributed by atoms with van der Waals surface area (Å²) in [6.07, 6.45) is 3.47. The van der Waals surface area contributed by atoms with Gasteiger partial charge in [0.1, 0.15) is 0 Å². The number of hydrogen-bond acceptors (Lipinski definition) is 5. The van der Waals surface area contributed by atoms with Crippen molar-refractivity contribution < 1.29 is 10.2 Å². The first-order valence-corrected chi connectivity index (χ1v) is 6.41. The lowest BCUT2D eigenvalue weighted by molar-refractivity contribution is 0.00556. The van der Waals surface area contributed by atoms with Crippen LogP contribution in [0, 0.1) is 5.92 Å². The van der Waals surface area contributed by atoms with Gasteiger partial charge in [0, 0.05) is 19.3 Å². The average Bonchev–Trinajstić information content (AvgIpc) is 2.69. The number of aliphatic hydroxyl groups excluding tert-OH is 2. The number of nitrogen functional groups attached to an aromatic ring is 1. The van der Waals surface area contributed by atoms with Gasteiger partial charge in [-0.1, -0.05) is 6.92 Å². The summed E-state index contributed by atoms with van der Waals surface area (Å²) in [6.45, 7) is 4.61. The largest absolute Gasteiger partial charge is 0.396 e. The van der Waals surface area contributed by atoms with E-state index in [0.29, 0.717) is 31.2 Å². The zero-order chi connectivity index (χ0) is 13.1. The summed E-state index contributed by atoms with van der Waals surface area (Å²) in [4.78, 5) is 2.10.